The van der Waals surface area contributed by atoms with Crippen LogP contribution in [0.15, 0.2) is 41.4 Å². The highest BCUT2D eigenvalue weighted by Gasteiger charge is 2.27. The third kappa shape index (κ3) is 5.56. The van der Waals surface area contributed by atoms with E-state index in [-0.39, 0.29) is 29.6 Å². The summed E-state index contributed by atoms with van der Waals surface area (Å²) in [6, 6.07) is 8.55. The molecule has 0 saturated carbocycles. The van der Waals surface area contributed by atoms with E-state index in [1.165, 1.54) is 6.20 Å². The average Bonchev–Trinajstić information content (AvgIpc) is 3.27. The Morgan fingerprint density at radius 1 is 1.18 bits per heavy atom. The molecule has 178 valence electrons. The summed E-state index contributed by atoms with van der Waals surface area (Å²) in [7, 11) is -3.58. The fourth-order valence-electron chi connectivity index (χ4n) is 4.13. The molecule has 1 fully saturated rings. The summed E-state index contributed by atoms with van der Waals surface area (Å²) in [6.07, 6.45) is 4.46. The van der Waals surface area contributed by atoms with E-state index in [1.807, 2.05) is 13.8 Å². The number of pyridine rings is 1. The number of nitrogens with zero attached hydrogens (tertiary/aromatic N) is 2. The van der Waals surface area contributed by atoms with Crippen LogP contribution in [0.2, 0.25) is 0 Å². The van der Waals surface area contributed by atoms with Crippen LogP contribution in [0, 0.1) is 5.92 Å². The molecule has 2 aromatic rings. The molecule has 1 atom stereocenters. The summed E-state index contributed by atoms with van der Waals surface area (Å²) in [5.41, 5.74) is 0.687. The molecule has 3 heterocycles. The molecule has 10 heteroatoms. The van der Waals surface area contributed by atoms with Crippen LogP contribution in [0.3, 0.4) is 0 Å². The monoisotopic (exact) mass is 474 g/mol. The van der Waals surface area contributed by atoms with Crippen LogP contribution in [0.5, 0.6) is 11.5 Å². The van der Waals surface area contributed by atoms with Crippen molar-refractivity contribution < 1.29 is 22.7 Å². The van der Waals surface area contributed by atoms with Gasteiger partial charge in [-0.15, -0.1) is 0 Å². The first-order valence-corrected chi connectivity index (χ1v) is 12.8. The van der Waals surface area contributed by atoms with Crippen LogP contribution in [0.4, 0.5) is 11.5 Å². The van der Waals surface area contributed by atoms with Crippen molar-refractivity contribution in [1.29, 1.82) is 0 Å². The molecule has 1 aromatic heterocycles. The van der Waals surface area contributed by atoms with Gasteiger partial charge in [-0.2, -0.15) is 0 Å². The number of nitrogens with one attached hydrogen (secondary N) is 2. The molecule has 9 nitrogen and oxygen atoms in total. The quantitative estimate of drug-likeness (QED) is 0.605. The van der Waals surface area contributed by atoms with Crippen LogP contribution in [0.25, 0.3) is 0 Å². The van der Waals surface area contributed by atoms with Gasteiger partial charge in [0, 0.05) is 43.0 Å². The summed E-state index contributed by atoms with van der Waals surface area (Å²) in [4.78, 5) is 19.3. The maximum absolute atomic E-state index is 12.7. The van der Waals surface area contributed by atoms with E-state index in [0.717, 1.165) is 12.8 Å². The Kier molecular flexibility index (Phi) is 7.04. The minimum atomic E-state index is -3.58. The molecule has 1 aromatic carbocycles. The Bertz CT molecular complexity index is 1080. The van der Waals surface area contributed by atoms with Crippen molar-refractivity contribution in [3.63, 3.8) is 0 Å². The number of ether oxygens (including phenoxy) is 2. The Morgan fingerprint density at radius 2 is 1.94 bits per heavy atom. The number of fused-ring (bicyclic) bond motifs is 1. The van der Waals surface area contributed by atoms with Crippen LogP contribution in [-0.4, -0.2) is 45.2 Å². The molecule has 2 aliphatic rings. The van der Waals surface area contributed by atoms with E-state index >= 15 is 0 Å². The number of amides is 1. The number of rotatable bonds is 8. The highest BCUT2D eigenvalue weighted by atomic mass is 32.2. The van der Waals surface area contributed by atoms with Crippen LogP contribution < -0.4 is 24.4 Å². The molecule has 1 amide bonds. The highest BCUT2D eigenvalue weighted by Crippen LogP contribution is 2.34. The minimum absolute atomic E-state index is 0.0183. The lowest BCUT2D eigenvalue weighted by Crippen LogP contribution is -2.38. The summed E-state index contributed by atoms with van der Waals surface area (Å²) in [5.74, 6) is 1.91. The van der Waals surface area contributed by atoms with E-state index < -0.39 is 10.0 Å². The fourth-order valence-corrected chi connectivity index (χ4v) is 5.36. The predicted molar refractivity (Wildman–Crippen MR) is 125 cm³/mol. The van der Waals surface area contributed by atoms with Crippen LogP contribution in [0.1, 0.15) is 39.5 Å². The number of hydrogen-bond acceptors (Lipinski definition) is 7. The molecule has 0 spiro atoms. The second kappa shape index (κ2) is 9.96. The van der Waals surface area contributed by atoms with Crippen molar-refractivity contribution in [2.45, 2.75) is 50.5 Å². The maximum atomic E-state index is 12.7. The zero-order valence-corrected chi connectivity index (χ0v) is 19.7. The molecule has 0 aliphatic carbocycles. The molecular formula is C23H30N4O5S. The minimum Gasteiger partial charge on any atom is -0.454 e. The number of hydrogen-bond donors (Lipinski definition) is 2. The van der Waals surface area contributed by atoms with Gasteiger partial charge in [0.05, 0.1) is 0 Å². The van der Waals surface area contributed by atoms with Crippen LogP contribution in [-0.2, 0) is 14.8 Å². The lowest BCUT2D eigenvalue weighted by molar-refractivity contribution is -0.120. The Hall–Kier alpha value is -2.85. The van der Waals surface area contributed by atoms with Crippen LogP contribution >= 0.6 is 0 Å². The van der Waals surface area contributed by atoms with Crippen molar-refractivity contribution in [2.75, 3.05) is 30.1 Å². The van der Waals surface area contributed by atoms with Gasteiger partial charge in [0.15, 0.2) is 11.5 Å². The van der Waals surface area contributed by atoms with Crippen molar-refractivity contribution >= 4 is 27.4 Å². The Labute approximate surface area is 194 Å². The largest absolute Gasteiger partial charge is 0.454 e. The zero-order chi connectivity index (χ0) is 23.4. The number of sulfonamides is 1. The number of carbonyl (C=O) groups is 1. The second-order valence-electron chi connectivity index (χ2n) is 8.48. The third-order valence-electron chi connectivity index (χ3n) is 5.94. The molecule has 4 rings (SSSR count). The first-order chi connectivity index (χ1) is 15.9. The number of piperidine rings is 1. The molecule has 2 N–H and O–H groups in total. The Morgan fingerprint density at radius 3 is 2.64 bits per heavy atom. The van der Waals surface area contributed by atoms with Crippen molar-refractivity contribution in [1.82, 2.24) is 9.71 Å². The molecule has 0 bridgehead atoms. The standard InChI is InChI=1S/C23H30N4O5S/c1-3-4-16(2)26-33(29,30)19-6-8-22(24-14-19)27-11-9-17(10-12-27)23(28)25-18-5-7-20-21(13-18)32-15-31-20/h5-8,13-14,16-17,26H,3-4,9-12,15H2,1-2H3,(H,25,28). The zero-order valence-electron chi connectivity index (χ0n) is 18.9. The molecule has 33 heavy (non-hydrogen) atoms. The lowest BCUT2D eigenvalue weighted by Gasteiger charge is -2.32. The van der Waals surface area contributed by atoms with Gasteiger partial charge in [-0.1, -0.05) is 13.3 Å². The van der Waals surface area contributed by atoms with E-state index in [4.69, 9.17) is 9.47 Å². The van der Waals surface area contributed by atoms with Gasteiger partial charge in [0.1, 0.15) is 10.7 Å². The maximum Gasteiger partial charge on any atom is 0.242 e. The number of anilines is 2. The number of carbonyl (C=O) groups excluding carboxylic acids is 1. The number of benzene rings is 1. The molecule has 1 unspecified atom stereocenters. The van der Waals surface area contributed by atoms with Gasteiger partial charge in [-0.3, -0.25) is 4.79 Å². The SMILES string of the molecule is CCCC(C)NS(=O)(=O)c1ccc(N2CCC(C(=O)Nc3ccc4c(c3)OCO4)CC2)nc1. The molecule has 1 saturated heterocycles. The van der Waals surface area contributed by atoms with E-state index in [0.29, 0.717) is 48.9 Å². The normalized spacial score (nSPS) is 17.1. The topological polar surface area (TPSA) is 110 Å². The highest BCUT2D eigenvalue weighted by molar-refractivity contribution is 7.89. The smallest absolute Gasteiger partial charge is 0.242 e. The molecular weight excluding hydrogens is 444 g/mol. The van der Waals surface area contributed by atoms with Gasteiger partial charge in [0.25, 0.3) is 0 Å². The third-order valence-corrected chi connectivity index (χ3v) is 7.51. The summed E-state index contributed by atoms with van der Waals surface area (Å²) in [5, 5.41) is 2.96. The van der Waals surface area contributed by atoms with Gasteiger partial charge < -0.3 is 19.7 Å². The van der Waals surface area contributed by atoms with E-state index in [2.05, 4.69) is 19.9 Å². The molecule has 2 aliphatic heterocycles. The summed E-state index contributed by atoms with van der Waals surface area (Å²) < 4.78 is 38.4. The first kappa shape index (κ1) is 23.3. The second-order valence-corrected chi connectivity index (χ2v) is 10.2. The predicted octanol–water partition coefficient (Wildman–Crippen LogP) is 3.13. The van der Waals surface area contributed by atoms with Crippen molar-refractivity contribution in [3.8, 4) is 11.5 Å². The van der Waals surface area contributed by atoms with Crippen molar-refractivity contribution in [2.24, 2.45) is 5.92 Å². The number of aromatic nitrogens is 1. The fraction of sp³-hybridized carbons (Fsp3) is 0.478. The van der Waals surface area contributed by atoms with E-state index in [1.54, 1.807) is 30.3 Å². The van der Waals surface area contributed by atoms with Gasteiger partial charge in [-0.25, -0.2) is 18.1 Å². The van der Waals surface area contributed by atoms with E-state index in [9.17, 15) is 13.2 Å². The lowest BCUT2D eigenvalue weighted by atomic mass is 9.95. The van der Waals surface area contributed by atoms with Gasteiger partial charge in [0.2, 0.25) is 22.7 Å². The molecule has 0 radical (unpaired) electrons. The summed E-state index contributed by atoms with van der Waals surface area (Å²) >= 11 is 0. The van der Waals surface area contributed by atoms with Crippen molar-refractivity contribution in [3.05, 3.63) is 36.5 Å². The first-order valence-electron chi connectivity index (χ1n) is 11.3. The van der Waals surface area contributed by atoms with Gasteiger partial charge in [-0.05, 0) is 50.5 Å². The summed E-state index contributed by atoms with van der Waals surface area (Å²) in [6.45, 7) is 5.41. The van der Waals surface area contributed by atoms with Gasteiger partial charge >= 0.3 is 0 Å². The average molecular weight is 475 g/mol. The Balaban J connectivity index is 1.31.